The Labute approximate surface area is 443 Å². The molecule has 0 heterocycles. The molecule has 0 N–H and O–H groups in total. The molecular formula is C74H52N2. The molecule has 0 radical (unpaired) electrons. The lowest BCUT2D eigenvalue weighted by Crippen LogP contribution is -2.33. The molecular weight excluding hydrogens is 917 g/mol. The second-order valence-corrected chi connectivity index (χ2v) is 20.0. The smallest absolute Gasteiger partial charge is 0.0619 e. The van der Waals surface area contributed by atoms with Gasteiger partial charge < -0.3 is 9.80 Å². The highest BCUT2D eigenvalue weighted by molar-refractivity contribution is 6.18. The van der Waals surface area contributed by atoms with Crippen molar-refractivity contribution in [3.63, 3.8) is 0 Å². The third-order valence-corrected chi connectivity index (χ3v) is 15.4. The van der Waals surface area contributed by atoms with Gasteiger partial charge in [0.25, 0.3) is 0 Å². The van der Waals surface area contributed by atoms with Crippen LogP contribution in [0.2, 0.25) is 0 Å². The fourth-order valence-corrected chi connectivity index (χ4v) is 11.6. The van der Waals surface area contributed by atoms with E-state index in [-0.39, 0.29) is 0 Å². The fraction of sp³-hybridized carbons (Fsp3) is 0.0270. The molecule has 0 unspecified atom stereocenters. The van der Waals surface area contributed by atoms with Crippen LogP contribution in [0.1, 0.15) is 12.8 Å². The van der Waals surface area contributed by atoms with Gasteiger partial charge in [0.1, 0.15) is 0 Å². The molecule has 14 rings (SSSR count). The summed E-state index contributed by atoms with van der Waals surface area (Å²) in [5, 5.41) is 12.1. The Kier molecular flexibility index (Phi) is 11.4. The van der Waals surface area contributed by atoms with Gasteiger partial charge in [-0.15, -0.1) is 0 Å². The minimum atomic E-state index is 0.972. The Morgan fingerprint density at radius 3 is 1.07 bits per heavy atom. The Morgan fingerprint density at radius 2 is 0.579 bits per heavy atom. The lowest BCUT2D eigenvalue weighted by Gasteiger charge is -2.32. The number of rotatable bonds is 10. The molecule has 1 aliphatic carbocycles. The van der Waals surface area contributed by atoms with E-state index >= 15 is 0 Å². The first-order valence-electron chi connectivity index (χ1n) is 26.5. The van der Waals surface area contributed by atoms with Crippen molar-refractivity contribution in [3.05, 3.63) is 289 Å². The first kappa shape index (κ1) is 44.9. The quantitative estimate of drug-likeness (QED) is 0.126. The van der Waals surface area contributed by atoms with Crippen molar-refractivity contribution in [2.24, 2.45) is 0 Å². The van der Waals surface area contributed by atoms with Gasteiger partial charge in [0.2, 0.25) is 0 Å². The molecule has 76 heavy (non-hydrogen) atoms. The van der Waals surface area contributed by atoms with Crippen LogP contribution in [0.3, 0.4) is 0 Å². The summed E-state index contributed by atoms with van der Waals surface area (Å²) in [7, 11) is 0. The average Bonchev–Trinajstić information content (AvgIpc) is 3.51. The third kappa shape index (κ3) is 8.27. The van der Waals surface area contributed by atoms with Gasteiger partial charge in [-0.2, -0.15) is 0 Å². The van der Waals surface area contributed by atoms with E-state index in [4.69, 9.17) is 0 Å². The van der Waals surface area contributed by atoms with E-state index in [2.05, 4.69) is 301 Å². The van der Waals surface area contributed by atoms with E-state index < -0.39 is 0 Å². The van der Waals surface area contributed by atoms with Crippen LogP contribution in [0.4, 0.5) is 34.1 Å². The van der Waals surface area contributed by atoms with Gasteiger partial charge in [0, 0.05) is 44.1 Å². The maximum Gasteiger partial charge on any atom is 0.0619 e. The molecule has 0 saturated heterocycles. The summed E-state index contributed by atoms with van der Waals surface area (Å²) in [6, 6.07) is 103. The molecule has 2 heteroatoms. The van der Waals surface area contributed by atoms with Gasteiger partial charge in [-0.05, 0) is 150 Å². The van der Waals surface area contributed by atoms with Gasteiger partial charge in [0.05, 0.1) is 11.4 Å². The molecule has 13 aromatic rings. The van der Waals surface area contributed by atoms with Crippen LogP contribution in [-0.4, -0.2) is 0 Å². The molecule has 0 spiro atoms. The highest BCUT2D eigenvalue weighted by atomic mass is 15.2. The largest absolute Gasteiger partial charge is 0.309 e. The number of fused-ring (bicyclic) bond motifs is 5. The summed E-state index contributed by atoms with van der Waals surface area (Å²) >= 11 is 0. The maximum atomic E-state index is 2.53. The van der Waals surface area contributed by atoms with E-state index in [1.165, 1.54) is 104 Å². The normalized spacial score (nSPS) is 12.1. The second-order valence-electron chi connectivity index (χ2n) is 20.0. The summed E-state index contributed by atoms with van der Waals surface area (Å²) < 4.78 is 0. The molecule has 13 aromatic carbocycles. The standard InChI is InChI=1S/C74H52N2/c1-3-15-51(16-4-1)55-27-31-57(32-28-55)59-35-41-65(42-36-59)75(67-45-39-53-19-7-9-21-61(53)47-67)73-69-25-13-11-23-63(69)50-72-71(73)49-64-24-12-14-26-70(64)74(72)76(68-46-40-54-20-8-10-22-62(54)48-68)66-43-37-60(38-44-66)58-33-29-56(30-34-58)52-17-5-2-6-18-52/h1-11,13,15-50H,12,14H2. The Bertz CT molecular complexity index is 4410. The number of benzene rings is 13. The van der Waals surface area contributed by atoms with Gasteiger partial charge in [-0.3, -0.25) is 0 Å². The van der Waals surface area contributed by atoms with Crippen LogP contribution in [-0.2, 0) is 0 Å². The zero-order valence-electron chi connectivity index (χ0n) is 42.0. The molecule has 0 atom stereocenters. The number of anilines is 6. The van der Waals surface area contributed by atoms with Gasteiger partial charge in [-0.1, -0.05) is 231 Å². The number of hydrogen-bond acceptors (Lipinski definition) is 2. The molecule has 1 aliphatic rings. The predicted molar refractivity (Wildman–Crippen MR) is 325 cm³/mol. The topological polar surface area (TPSA) is 6.48 Å². The molecule has 0 bridgehead atoms. The van der Waals surface area contributed by atoms with E-state index in [1.54, 1.807) is 0 Å². The lowest BCUT2D eigenvalue weighted by molar-refractivity contribution is 1.11. The van der Waals surface area contributed by atoms with Gasteiger partial charge in [0.15, 0.2) is 0 Å². The van der Waals surface area contributed by atoms with Crippen LogP contribution in [0.5, 0.6) is 0 Å². The minimum Gasteiger partial charge on any atom is -0.309 e. The highest BCUT2D eigenvalue weighted by Gasteiger charge is 2.25. The van der Waals surface area contributed by atoms with Gasteiger partial charge in [-0.25, -0.2) is 0 Å². The van der Waals surface area contributed by atoms with Crippen molar-refractivity contribution >= 4 is 89.4 Å². The summed E-state index contributed by atoms with van der Waals surface area (Å²) in [6.45, 7) is 0. The fourth-order valence-electron chi connectivity index (χ4n) is 11.6. The summed E-state index contributed by atoms with van der Waals surface area (Å²) in [5.41, 5.74) is 16.3. The maximum absolute atomic E-state index is 2.53. The van der Waals surface area contributed by atoms with Crippen LogP contribution in [0.15, 0.2) is 279 Å². The van der Waals surface area contributed by atoms with Crippen LogP contribution in [0.25, 0.3) is 99.7 Å². The zero-order valence-corrected chi connectivity index (χ0v) is 42.0. The Hall–Kier alpha value is -9.76. The van der Waals surface area contributed by atoms with Crippen molar-refractivity contribution in [1.82, 2.24) is 0 Å². The van der Waals surface area contributed by atoms with E-state index in [1.807, 2.05) is 0 Å². The van der Waals surface area contributed by atoms with Crippen LogP contribution >= 0.6 is 0 Å². The zero-order chi connectivity index (χ0) is 50.4. The van der Waals surface area contributed by atoms with Crippen molar-refractivity contribution in [1.29, 1.82) is 0 Å². The van der Waals surface area contributed by atoms with E-state index in [0.717, 1.165) is 41.3 Å². The number of hydrogen-bond donors (Lipinski definition) is 0. The molecule has 0 aromatic heterocycles. The molecule has 0 fully saturated rings. The summed E-state index contributed by atoms with van der Waals surface area (Å²) in [5.74, 6) is 0. The molecule has 0 aliphatic heterocycles. The predicted octanol–water partition coefficient (Wildman–Crippen LogP) is 19.3. The third-order valence-electron chi connectivity index (χ3n) is 15.4. The number of nitrogens with zero attached hydrogens (tertiary/aromatic N) is 2. The Balaban J connectivity index is 0.984. The van der Waals surface area contributed by atoms with Crippen molar-refractivity contribution in [2.75, 3.05) is 9.80 Å². The molecule has 0 amide bonds. The van der Waals surface area contributed by atoms with Crippen LogP contribution < -0.4 is 20.2 Å². The second kappa shape index (κ2) is 19.3. The van der Waals surface area contributed by atoms with Gasteiger partial charge >= 0.3 is 0 Å². The SMILES string of the molecule is C1=c2cc3c(N(c4ccc(-c5ccc(-c6ccccc6)cc5)cc4)c4ccc5ccccc5c4)c4ccccc4cc3c(N(c3ccc(-c4ccc(-c5ccccc5)cc4)cc3)c3ccc4ccccc4c3)c2=CCC1. The minimum absolute atomic E-state index is 0.972. The van der Waals surface area contributed by atoms with E-state index in [9.17, 15) is 0 Å². The van der Waals surface area contributed by atoms with Crippen molar-refractivity contribution in [2.45, 2.75) is 12.8 Å². The van der Waals surface area contributed by atoms with Crippen LogP contribution in [0, 0.1) is 0 Å². The summed E-state index contributed by atoms with van der Waals surface area (Å²) in [4.78, 5) is 5.04. The first-order chi connectivity index (χ1) is 37.7. The molecule has 358 valence electrons. The summed E-state index contributed by atoms with van der Waals surface area (Å²) in [6.07, 6.45) is 6.88. The highest BCUT2D eigenvalue weighted by Crippen LogP contribution is 2.48. The van der Waals surface area contributed by atoms with Crippen molar-refractivity contribution < 1.29 is 0 Å². The van der Waals surface area contributed by atoms with E-state index in [0.29, 0.717) is 0 Å². The molecule has 0 saturated carbocycles. The Morgan fingerprint density at radius 1 is 0.224 bits per heavy atom. The molecule has 2 nitrogen and oxygen atoms in total. The first-order valence-corrected chi connectivity index (χ1v) is 26.5. The monoisotopic (exact) mass is 968 g/mol. The van der Waals surface area contributed by atoms with Crippen molar-refractivity contribution in [3.8, 4) is 44.5 Å². The average molecular weight is 969 g/mol. The lowest BCUT2D eigenvalue weighted by atomic mass is 9.93.